The molecule has 0 unspecified atom stereocenters. The van der Waals surface area contributed by atoms with Crippen LogP contribution in [0.1, 0.15) is 19.8 Å². The fraction of sp³-hybridized carbons (Fsp3) is 0.364. The highest BCUT2D eigenvalue weighted by Crippen LogP contribution is 2.38. The first kappa shape index (κ1) is 18.7. The van der Waals surface area contributed by atoms with Gasteiger partial charge in [-0.1, -0.05) is 18.2 Å². The van der Waals surface area contributed by atoms with E-state index in [1.165, 1.54) is 4.31 Å². The molecule has 29 heavy (non-hydrogen) atoms. The molecule has 5 rings (SSSR count). The number of fused-ring (bicyclic) bond motifs is 1. The third-order valence-corrected chi connectivity index (χ3v) is 7.93. The molecule has 0 amide bonds. The van der Waals surface area contributed by atoms with Gasteiger partial charge in [0, 0.05) is 54.0 Å². The maximum absolute atomic E-state index is 13.0. The summed E-state index contributed by atoms with van der Waals surface area (Å²) < 4.78 is 27.5. The Bertz CT molecular complexity index is 1150. The topological polar surface area (TPSA) is 76.6 Å². The van der Waals surface area contributed by atoms with E-state index in [1.807, 2.05) is 37.3 Å². The molecular formula is C22H25N3O3S. The summed E-state index contributed by atoms with van der Waals surface area (Å²) in [5.41, 5.74) is 2.95. The number of hydrogen-bond acceptors (Lipinski definition) is 4. The Morgan fingerprint density at radius 2 is 1.86 bits per heavy atom. The molecule has 152 valence electrons. The average Bonchev–Trinajstić information content (AvgIpc) is 3.22. The molecule has 0 bridgehead atoms. The van der Waals surface area contributed by atoms with Crippen molar-refractivity contribution < 1.29 is 13.5 Å². The lowest BCUT2D eigenvalue weighted by Crippen LogP contribution is -2.41. The minimum absolute atomic E-state index is 0.320. The fourth-order valence-corrected chi connectivity index (χ4v) is 5.76. The first-order chi connectivity index (χ1) is 13.8. The molecule has 0 radical (unpaired) electrons. The number of nitrogens with zero attached hydrogens (tertiary/aromatic N) is 2. The molecule has 3 heterocycles. The fourth-order valence-electron chi connectivity index (χ4n) is 4.21. The third kappa shape index (κ3) is 3.23. The van der Waals surface area contributed by atoms with Crippen LogP contribution in [-0.2, 0) is 10.0 Å². The smallest absolute Gasteiger partial charge is 0.243 e. The van der Waals surface area contributed by atoms with Crippen molar-refractivity contribution in [2.45, 2.75) is 30.3 Å². The Morgan fingerprint density at radius 3 is 2.52 bits per heavy atom. The van der Waals surface area contributed by atoms with Gasteiger partial charge in [-0.2, -0.15) is 4.31 Å². The largest absolute Gasteiger partial charge is 0.388 e. The number of β-amino-alcohol motifs (C(OH)–C–C–N with tert-alkyl or cyclic N) is 1. The van der Waals surface area contributed by atoms with Gasteiger partial charge in [-0.25, -0.2) is 8.42 Å². The van der Waals surface area contributed by atoms with Crippen LogP contribution in [-0.4, -0.2) is 54.6 Å². The molecule has 7 heteroatoms. The van der Waals surface area contributed by atoms with E-state index in [4.69, 9.17) is 0 Å². The Kier molecular flexibility index (Phi) is 4.24. The number of hydrogen-bond donors (Lipinski definition) is 2. The maximum Gasteiger partial charge on any atom is 0.243 e. The van der Waals surface area contributed by atoms with E-state index in [2.05, 4.69) is 16.0 Å². The highest BCUT2D eigenvalue weighted by Gasteiger charge is 2.34. The molecule has 1 aromatic heterocycles. The van der Waals surface area contributed by atoms with Crippen molar-refractivity contribution in [3.63, 3.8) is 0 Å². The van der Waals surface area contributed by atoms with Gasteiger partial charge in [-0.05, 0) is 50.1 Å². The van der Waals surface area contributed by atoms with Gasteiger partial charge in [0.15, 0.2) is 0 Å². The normalized spacial score (nSPS) is 22.9. The van der Waals surface area contributed by atoms with Gasteiger partial charge in [-0.15, -0.1) is 0 Å². The van der Waals surface area contributed by atoms with Crippen LogP contribution >= 0.6 is 0 Å². The molecule has 6 nitrogen and oxygen atoms in total. The number of rotatable bonds is 4. The molecule has 2 aromatic carbocycles. The summed E-state index contributed by atoms with van der Waals surface area (Å²) in [5.74, 6) is 0. The van der Waals surface area contributed by atoms with Crippen molar-refractivity contribution in [2.75, 3.05) is 31.1 Å². The second-order valence-corrected chi connectivity index (χ2v) is 10.3. The van der Waals surface area contributed by atoms with E-state index in [0.29, 0.717) is 31.0 Å². The standard InChI is InChI=1S/C22H25N3O3S/c1-22(26)9-12-24(15-22)21-8-7-17(29(27,28)25-10-4-11-25)14-18(21)20-13-16-5-2-3-6-19(16)23-20/h2-3,5-8,13-14,23,26H,4,9-12,15H2,1H3/t22-/m0/s1. The van der Waals surface area contributed by atoms with E-state index in [9.17, 15) is 13.5 Å². The minimum atomic E-state index is -3.47. The number of H-pyrrole nitrogens is 1. The van der Waals surface area contributed by atoms with Gasteiger partial charge >= 0.3 is 0 Å². The predicted octanol–water partition coefficient (Wildman–Crippen LogP) is 3.19. The number of aliphatic hydroxyl groups is 1. The van der Waals surface area contributed by atoms with Gasteiger partial charge in [-0.3, -0.25) is 0 Å². The zero-order chi connectivity index (χ0) is 20.2. The van der Waals surface area contributed by atoms with Crippen molar-refractivity contribution in [1.82, 2.24) is 9.29 Å². The van der Waals surface area contributed by atoms with Crippen molar-refractivity contribution in [2.24, 2.45) is 0 Å². The molecule has 2 fully saturated rings. The van der Waals surface area contributed by atoms with Crippen molar-refractivity contribution in [1.29, 1.82) is 0 Å². The number of nitrogens with one attached hydrogen (secondary N) is 1. The van der Waals surface area contributed by atoms with Gasteiger partial charge in [0.05, 0.1) is 10.5 Å². The molecular weight excluding hydrogens is 386 g/mol. The van der Waals surface area contributed by atoms with E-state index >= 15 is 0 Å². The Morgan fingerprint density at radius 1 is 1.07 bits per heavy atom. The molecule has 1 atom stereocenters. The monoisotopic (exact) mass is 411 g/mol. The van der Waals surface area contributed by atoms with Crippen LogP contribution in [0.15, 0.2) is 53.4 Å². The summed E-state index contributed by atoms with van der Waals surface area (Å²) >= 11 is 0. The molecule has 0 saturated carbocycles. The van der Waals surface area contributed by atoms with E-state index < -0.39 is 15.6 Å². The highest BCUT2D eigenvalue weighted by atomic mass is 32.2. The van der Waals surface area contributed by atoms with Gasteiger partial charge in [0.2, 0.25) is 10.0 Å². The Balaban J connectivity index is 1.65. The third-order valence-electron chi connectivity index (χ3n) is 6.03. The quantitative estimate of drug-likeness (QED) is 0.691. The summed E-state index contributed by atoms with van der Waals surface area (Å²) in [6.07, 6.45) is 1.60. The number of aromatic nitrogens is 1. The number of benzene rings is 2. The number of aromatic amines is 1. The van der Waals surface area contributed by atoms with Crippen LogP contribution in [0.5, 0.6) is 0 Å². The lowest BCUT2D eigenvalue weighted by molar-refractivity contribution is 0.0839. The lowest BCUT2D eigenvalue weighted by Gasteiger charge is -2.30. The molecule has 0 spiro atoms. The van der Waals surface area contributed by atoms with Gasteiger partial charge in [0.25, 0.3) is 0 Å². The van der Waals surface area contributed by atoms with Crippen LogP contribution < -0.4 is 4.90 Å². The summed E-state index contributed by atoms with van der Waals surface area (Å²) in [6, 6.07) is 15.4. The second-order valence-electron chi connectivity index (χ2n) is 8.38. The van der Waals surface area contributed by atoms with Crippen LogP contribution in [0, 0.1) is 0 Å². The van der Waals surface area contributed by atoms with Crippen LogP contribution in [0.4, 0.5) is 5.69 Å². The van der Waals surface area contributed by atoms with Crippen molar-refractivity contribution >= 4 is 26.6 Å². The first-order valence-electron chi connectivity index (χ1n) is 10.0. The van der Waals surface area contributed by atoms with E-state index in [-0.39, 0.29) is 0 Å². The molecule has 0 aliphatic carbocycles. The molecule has 3 aromatic rings. The minimum Gasteiger partial charge on any atom is -0.388 e. The van der Waals surface area contributed by atoms with Crippen LogP contribution in [0.25, 0.3) is 22.2 Å². The maximum atomic E-state index is 13.0. The Labute approximate surface area is 170 Å². The summed E-state index contributed by atoms with van der Waals surface area (Å²) in [4.78, 5) is 5.89. The summed E-state index contributed by atoms with van der Waals surface area (Å²) in [6.45, 7) is 4.27. The van der Waals surface area contributed by atoms with Crippen LogP contribution in [0.3, 0.4) is 0 Å². The highest BCUT2D eigenvalue weighted by molar-refractivity contribution is 7.89. The SMILES string of the molecule is C[C@]1(O)CCN(c2ccc(S(=O)(=O)N3CCC3)cc2-c2cc3ccccc3[nH]2)C1. The molecule has 2 saturated heterocycles. The number of anilines is 1. The van der Waals surface area contributed by atoms with Crippen molar-refractivity contribution in [3.8, 4) is 11.3 Å². The average molecular weight is 412 g/mol. The van der Waals surface area contributed by atoms with Crippen LogP contribution in [0.2, 0.25) is 0 Å². The first-order valence-corrected chi connectivity index (χ1v) is 11.5. The van der Waals surface area contributed by atoms with E-state index in [0.717, 1.165) is 40.8 Å². The molecule has 2 N–H and O–H groups in total. The lowest BCUT2D eigenvalue weighted by atomic mass is 10.1. The predicted molar refractivity (Wildman–Crippen MR) is 115 cm³/mol. The van der Waals surface area contributed by atoms with E-state index in [1.54, 1.807) is 12.1 Å². The summed E-state index contributed by atoms with van der Waals surface area (Å²) in [7, 11) is -3.47. The van der Waals surface area contributed by atoms with Gasteiger partial charge in [0.1, 0.15) is 0 Å². The van der Waals surface area contributed by atoms with Gasteiger partial charge < -0.3 is 15.0 Å². The number of sulfonamides is 1. The number of para-hydroxylation sites is 1. The Hall–Kier alpha value is -2.35. The zero-order valence-electron chi connectivity index (χ0n) is 16.4. The summed E-state index contributed by atoms with van der Waals surface area (Å²) in [5, 5.41) is 11.5. The molecule has 2 aliphatic heterocycles. The molecule has 2 aliphatic rings. The second kappa shape index (κ2) is 6.58. The zero-order valence-corrected chi connectivity index (χ0v) is 17.2. The van der Waals surface area contributed by atoms with Crippen molar-refractivity contribution in [3.05, 3.63) is 48.5 Å².